The molecule has 2 atom stereocenters. The van der Waals surface area contributed by atoms with Gasteiger partial charge in [0.25, 0.3) is 5.56 Å². The Morgan fingerprint density at radius 3 is 2.47 bits per heavy atom. The number of aryl methyl sites for hydroxylation is 1. The van der Waals surface area contributed by atoms with Crippen LogP contribution in [0.3, 0.4) is 0 Å². The first-order valence-electron chi connectivity index (χ1n) is 10.7. The predicted molar refractivity (Wildman–Crippen MR) is 122 cm³/mol. The van der Waals surface area contributed by atoms with Crippen LogP contribution in [0.4, 0.5) is 0 Å². The molecule has 162 valence electrons. The van der Waals surface area contributed by atoms with Crippen LogP contribution < -0.4 is 5.56 Å². The van der Waals surface area contributed by atoms with E-state index < -0.39 is 10.0 Å². The van der Waals surface area contributed by atoms with Gasteiger partial charge in [-0.2, -0.15) is 9.57 Å². The maximum absolute atomic E-state index is 13.4. The summed E-state index contributed by atoms with van der Waals surface area (Å²) in [6.07, 6.45) is 0.856. The Labute approximate surface area is 187 Å². The van der Waals surface area contributed by atoms with Gasteiger partial charge in [-0.3, -0.25) is 4.79 Å². The Morgan fingerprint density at radius 2 is 1.69 bits per heavy atom. The number of nitrogens with zero attached hydrogens (tertiary/aromatic N) is 3. The van der Waals surface area contributed by atoms with E-state index in [0.717, 1.165) is 23.2 Å². The lowest BCUT2D eigenvalue weighted by Gasteiger charge is -2.42. The zero-order valence-electron chi connectivity index (χ0n) is 17.7. The van der Waals surface area contributed by atoms with Gasteiger partial charge in [-0.15, -0.1) is 0 Å². The Morgan fingerprint density at radius 1 is 0.938 bits per heavy atom. The van der Waals surface area contributed by atoms with E-state index >= 15 is 0 Å². The van der Waals surface area contributed by atoms with E-state index in [2.05, 4.69) is 0 Å². The van der Waals surface area contributed by atoms with Gasteiger partial charge in [0, 0.05) is 36.8 Å². The van der Waals surface area contributed by atoms with Crippen LogP contribution >= 0.6 is 0 Å². The standard InChI is InChI=1S/C25H23N3O3S/c1-17-6-2-4-8-21(17)22-10-11-23-20-12-18(15-28(23)25(22)29)14-27(16-20)32(30,31)24-9-5-3-7-19(24)13-26/h2-11,18,20H,12,14-16H2,1H3. The maximum atomic E-state index is 13.4. The first-order chi connectivity index (χ1) is 15.4. The summed E-state index contributed by atoms with van der Waals surface area (Å²) in [5.41, 5.74) is 3.69. The van der Waals surface area contributed by atoms with Crippen LogP contribution in [0.15, 0.2) is 70.4 Å². The highest BCUT2D eigenvalue weighted by Gasteiger charge is 2.40. The number of fused-ring (bicyclic) bond motifs is 4. The van der Waals surface area contributed by atoms with Gasteiger partial charge in [-0.05, 0) is 54.7 Å². The minimum atomic E-state index is -3.79. The number of rotatable bonds is 3. The fraction of sp³-hybridized carbons (Fsp3) is 0.280. The molecular weight excluding hydrogens is 422 g/mol. The van der Waals surface area contributed by atoms with Gasteiger partial charge >= 0.3 is 0 Å². The second-order valence-electron chi connectivity index (χ2n) is 8.63. The molecule has 3 aromatic rings. The lowest BCUT2D eigenvalue weighted by atomic mass is 9.83. The molecule has 1 aromatic heterocycles. The van der Waals surface area contributed by atoms with Crippen molar-refractivity contribution in [2.75, 3.05) is 13.1 Å². The third-order valence-corrected chi connectivity index (χ3v) is 8.52. The summed E-state index contributed by atoms with van der Waals surface area (Å²) in [4.78, 5) is 13.4. The third-order valence-electron chi connectivity index (χ3n) is 6.63. The van der Waals surface area contributed by atoms with Crippen molar-refractivity contribution in [3.8, 4) is 17.2 Å². The highest BCUT2D eigenvalue weighted by molar-refractivity contribution is 7.89. The minimum Gasteiger partial charge on any atom is -0.311 e. The monoisotopic (exact) mass is 445 g/mol. The highest BCUT2D eigenvalue weighted by atomic mass is 32.2. The van der Waals surface area contributed by atoms with Gasteiger partial charge in [0.1, 0.15) is 6.07 Å². The van der Waals surface area contributed by atoms with E-state index in [1.54, 1.807) is 12.1 Å². The second kappa shape index (κ2) is 7.73. The molecule has 2 bridgehead atoms. The summed E-state index contributed by atoms with van der Waals surface area (Å²) in [7, 11) is -3.79. The van der Waals surface area contributed by atoms with Crippen LogP contribution in [-0.2, 0) is 16.6 Å². The van der Waals surface area contributed by atoms with Crippen LogP contribution in [0.25, 0.3) is 11.1 Å². The van der Waals surface area contributed by atoms with Crippen molar-refractivity contribution in [1.29, 1.82) is 5.26 Å². The SMILES string of the molecule is Cc1ccccc1-c1ccc2n(c1=O)CC1CC2CN(S(=O)(=O)c2ccccc2C#N)C1. The van der Waals surface area contributed by atoms with E-state index in [9.17, 15) is 18.5 Å². The molecule has 1 saturated heterocycles. The summed E-state index contributed by atoms with van der Waals surface area (Å²) in [5, 5.41) is 9.37. The van der Waals surface area contributed by atoms with E-state index in [0.29, 0.717) is 25.2 Å². The minimum absolute atomic E-state index is 0.0161. The van der Waals surface area contributed by atoms with Crippen LogP contribution in [0.2, 0.25) is 0 Å². The van der Waals surface area contributed by atoms with E-state index in [-0.39, 0.29) is 27.9 Å². The van der Waals surface area contributed by atoms with Crippen molar-refractivity contribution in [2.45, 2.75) is 30.7 Å². The molecule has 0 aliphatic carbocycles. The molecule has 2 unspecified atom stereocenters. The summed E-state index contributed by atoms with van der Waals surface area (Å²) < 4.78 is 30.1. The second-order valence-corrected chi connectivity index (χ2v) is 10.5. The molecule has 0 radical (unpaired) electrons. The number of hydrogen-bond acceptors (Lipinski definition) is 4. The summed E-state index contributed by atoms with van der Waals surface area (Å²) in [5.74, 6) is 0.000219. The fourth-order valence-corrected chi connectivity index (χ4v) is 6.80. The first kappa shape index (κ1) is 20.7. The molecule has 0 saturated carbocycles. The molecular formula is C25H23N3O3S. The van der Waals surface area contributed by atoms with Gasteiger partial charge in [0.05, 0.1) is 10.5 Å². The fourth-order valence-electron chi connectivity index (χ4n) is 5.10. The first-order valence-corrected chi connectivity index (χ1v) is 12.1. The van der Waals surface area contributed by atoms with Crippen molar-refractivity contribution in [3.63, 3.8) is 0 Å². The molecule has 6 nitrogen and oxygen atoms in total. The largest absolute Gasteiger partial charge is 0.311 e. The van der Waals surface area contributed by atoms with Gasteiger partial charge in [0.2, 0.25) is 10.0 Å². The smallest absolute Gasteiger partial charge is 0.258 e. The van der Waals surface area contributed by atoms with Crippen molar-refractivity contribution < 1.29 is 8.42 Å². The number of nitriles is 1. The molecule has 0 amide bonds. The van der Waals surface area contributed by atoms with Gasteiger partial charge < -0.3 is 4.57 Å². The van der Waals surface area contributed by atoms with Crippen molar-refractivity contribution in [3.05, 3.63) is 87.8 Å². The third kappa shape index (κ3) is 3.27. The highest BCUT2D eigenvalue weighted by Crippen LogP contribution is 2.38. The topological polar surface area (TPSA) is 83.2 Å². The molecule has 0 spiro atoms. The number of aromatic nitrogens is 1. The van der Waals surface area contributed by atoms with Gasteiger partial charge in [0.15, 0.2) is 0 Å². The summed E-state index contributed by atoms with van der Waals surface area (Å²) >= 11 is 0. The van der Waals surface area contributed by atoms with Crippen LogP contribution in [0.1, 0.15) is 29.2 Å². The van der Waals surface area contributed by atoms with Gasteiger partial charge in [-0.25, -0.2) is 8.42 Å². The summed E-state index contributed by atoms with van der Waals surface area (Å²) in [6, 6.07) is 20.0. The molecule has 7 heteroatoms. The Kier molecular flexibility index (Phi) is 5.00. The van der Waals surface area contributed by atoms with Crippen molar-refractivity contribution in [2.24, 2.45) is 5.92 Å². The predicted octanol–water partition coefficient (Wildman–Crippen LogP) is 3.50. The number of piperidine rings is 1. The van der Waals surface area contributed by atoms with Crippen LogP contribution in [0, 0.1) is 24.2 Å². The number of hydrogen-bond donors (Lipinski definition) is 0. The molecule has 32 heavy (non-hydrogen) atoms. The molecule has 3 heterocycles. The molecule has 0 N–H and O–H groups in total. The van der Waals surface area contributed by atoms with E-state index in [1.807, 2.05) is 54.0 Å². The number of benzene rings is 2. The van der Waals surface area contributed by atoms with Crippen molar-refractivity contribution >= 4 is 10.0 Å². The molecule has 2 aromatic carbocycles. The lowest BCUT2D eigenvalue weighted by molar-refractivity contribution is 0.186. The Bertz CT molecular complexity index is 1420. The Hall–Kier alpha value is -3.21. The van der Waals surface area contributed by atoms with E-state index in [4.69, 9.17) is 0 Å². The normalized spacial score (nSPS) is 20.4. The van der Waals surface area contributed by atoms with Crippen LogP contribution in [0.5, 0.6) is 0 Å². The molecule has 5 rings (SSSR count). The quantitative estimate of drug-likeness (QED) is 0.618. The average Bonchev–Trinajstić information content (AvgIpc) is 2.80. The Balaban J connectivity index is 1.52. The van der Waals surface area contributed by atoms with E-state index in [1.165, 1.54) is 16.4 Å². The summed E-state index contributed by atoms with van der Waals surface area (Å²) in [6.45, 7) is 3.15. The molecule has 2 aliphatic heterocycles. The average molecular weight is 446 g/mol. The lowest BCUT2D eigenvalue weighted by Crippen LogP contribution is -2.49. The zero-order chi connectivity index (χ0) is 22.5. The maximum Gasteiger partial charge on any atom is 0.258 e. The zero-order valence-corrected chi connectivity index (χ0v) is 18.5. The van der Waals surface area contributed by atoms with Gasteiger partial charge in [-0.1, -0.05) is 36.4 Å². The number of sulfonamides is 1. The molecule has 1 fully saturated rings. The van der Waals surface area contributed by atoms with Crippen LogP contribution in [-0.4, -0.2) is 30.4 Å². The van der Waals surface area contributed by atoms with Crippen molar-refractivity contribution in [1.82, 2.24) is 8.87 Å². The molecule has 2 aliphatic rings. The number of pyridine rings is 1.